The molecule has 0 spiro atoms. The molecule has 2 aliphatic rings. The second-order valence-electron chi connectivity index (χ2n) is 7.33. The standard InChI is InChI=1S/C18H32N4O2.ClH/c1-14(2)11-21-18(24)22-9-3-4-16(13-22)10-17(23)20-12-15-5-7-19-8-6-15;/h5,14,16,19H,3-4,6-13H2,1-2H3,(H,20,23)(H,21,24);1H. The number of rotatable bonds is 6. The minimum Gasteiger partial charge on any atom is -0.352 e. The first kappa shape index (κ1) is 21.8. The molecular weight excluding hydrogens is 340 g/mol. The highest BCUT2D eigenvalue weighted by Crippen LogP contribution is 2.19. The first-order valence-electron chi connectivity index (χ1n) is 9.22. The molecule has 6 nitrogen and oxygen atoms in total. The summed E-state index contributed by atoms with van der Waals surface area (Å²) in [6, 6.07) is 0.00803. The third-order valence-electron chi connectivity index (χ3n) is 4.61. The lowest BCUT2D eigenvalue weighted by molar-refractivity contribution is -0.122. The molecule has 0 saturated carbocycles. The molecule has 2 aliphatic heterocycles. The van der Waals surface area contributed by atoms with E-state index < -0.39 is 0 Å². The molecule has 1 atom stereocenters. The van der Waals surface area contributed by atoms with Gasteiger partial charge in [0.05, 0.1) is 0 Å². The van der Waals surface area contributed by atoms with Gasteiger partial charge >= 0.3 is 6.03 Å². The number of amides is 3. The van der Waals surface area contributed by atoms with Gasteiger partial charge in [-0.25, -0.2) is 4.79 Å². The summed E-state index contributed by atoms with van der Waals surface area (Å²) >= 11 is 0. The Bertz CT molecular complexity index is 468. The highest BCUT2D eigenvalue weighted by molar-refractivity contribution is 5.85. The molecule has 3 amide bonds. The predicted molar refractivity (Wildman–Crippen MR) is 103 cm³/mol. The number of piperidine rings is 1. The van der Waals surface area contributed by atoms with Crippen LogP contribution in [0.5, 0.6) is 0 Å². The van der Waals surface area contributed by atoms with Crippen molar-refractivity contribution < 1.29 is 9.59 Å². The van der Waals surface area contributed by atoms with Crippen molar-refractivity contribution in [3.05, 3.63) is 11.6 Å². The number of hydrogen-bond donors (Lipinski definition) is 3. The Kier molecular flexibility index (Phi) is 9.90. The van der Waals surface area contributed by atoms with Crippen LogP contribution in [0.4, 0.5) is 4.79 Å². The van der Waals surface area contributed by atoms with E-state index in [0.717, 1.165) is 38.9 Å². The van der Waals surface area contributed by atoms with Crippen LogP contribution in [0.1, 0.15) is 39.5 Å². The van der Waals surface area contributed by atoms with Crippen molar-refractivity contribution in [3.63, 3.8) is 0 Å². The summed E-state index contributed by atoms with van der Waals surface area (Å²) in [6.07, 6.45) is 5.68. The van der Waals surface area contributed by atoms with Gasteiger partial charge in [-0.05, 0) is 37.6 Å². The van der Waals surface area contributed by atoms with Gasteiger partial charge in [-0.2, -0.15) is 0 Å². The number of likely N-dealkylation sites (tertiary alicyclic amines) is 1. The summed E-state index contributed by atoms with van der Waals surface area (Å²) in [7, 11) is 0. The van der Waals surface area contributed by atoms with Crippen LogP contribution >= 0.6 is 12.4 Å². The number of nitrogens with zero attached hydrogens (tertiary/aromatic N) is 1. The number of hydrogen-bond acceptors (Lipinski definition) is 3. The lowest BCUT2D eigenvalue weighted by Gasteiger charge is -2.32. The van der Waals surface area contributed by atoms with E-state index >= 15 is 0 Å². The second kappa shape index (κ2) is 11.4. The summed E-state index contributed by atoms with van der Waals surface area (Å²) in [5.74, 6) is 0.819. The minimum atomic E-state index is 0. The van der Waals surface area contributed by atoms with E-state index in [1.54, 1.807) is 0 Å². The monoisotopic (exact) mass is 372 g/mol. The first-order valence-corrected chi connectivity index (χ1v) is 9.22. The fourth-order valence-electron chi connectivity index (χ4n) is 3.20. The zero-order valence-electron chi connectivity index (χ0n) is 15.5. The molecule has 1 unspecified atom stereocenters. The lowest BCUT2D eigenvalue weighted by atomic mass is 9.94. The Morgan fingerprint density at radius 3 is 2.84 bits per heavy atom. The minimum absolute atomic E-state index is 0. The maximum atomic E-state index is 12.2. The number of carbonyl (C=O) groups is 2. The van der Waals surface area contributed by atoms with E-state index in [-0.39, 0.29) is 30.3 Å². The van der Waals surface area contributed by atoms with Gasteiger partial charge in [-0.3, -0.25) is 4.79 Å². The van der Waals surface area contributed by atoms with Gasteiger partial charge in [0, 0.05) is 39.1 Å². The van der Waals surface area contributed by atoms with Crippen LogP contribution in [-0.4, -0.2) is 56.1 Å². The highest BCUT2D eigenvalue weighted by Gasteiger charge is 2.25. The summed E-state index contributed by atoms with van der Waals surface area (Å²) in [5.41, 5.74) is 1.31. The van der Waals surface area contributed by atoms with Crippen molar-refractivity contribution in [3.8, 4) is 0 Å². The van der Waals surface area contributed by atoms with Crippen molar-refractivity contribution in [2.45, 2.75) is 39.5 Å². The highest BCUT2D eigenvalue weighted by atomic mass is 35.5. The lowest BCUT2D eigenvalue weighted by Crippen LogP contribution is -2.47. The number of carbonyl (C=O) groups excluding carboxylic acids is 2. The van der Waals surface area contributed by atoms with E-state index in [2.05, 4.69) is 35.9 Å². The van der Waals surface area contributed by atoms with Crippen molar-refractivity contribution in [1.29, 1.82) is 0 Å². The fraction of sp³-hybridized carbons (Fsp3) is 0.778. The maximum Gasteiger partial charge on any atom is 0.317 e. The zero-order chi connectivity index (χ0) is 17.4. The third-order valence-corrected chi connectivity index (χ3v) is 4.61. The third kappa shape index (κ3) is 8.10. The molecule has 2 heterocycles. The van der Waals surface area contributed by atoms with Crippen molar-refractivity contribution in [2.75, 3.05) is 39.3 Å². The van der Waals surface area contributed by atoms with Crippen molar-refractivity contribution in [2.24, 2.45) is 11.8 Å². The maximum absolute atomic E-state index is 12.2. The molecule has 144 valence electrons. The van der Waals surface area contributed by atoms with Crippen LogP contribution in [0.15, 0.2) is 11.6 Å². The van der Waals surface area contributed by atoms with Crippen LogP contribution in [0.3, 0.4) is 0 Å². The number of nitrogens with one attached hydrogen (secondary N) is 3. The molecule has 0 radical (unpaired) electrons. The summed E-state index contributed by atoms with van der Waals surface area (Å²) in [5, 5.41) is 9.26. The average molecular weight is 373 g/mol. The van der Waals surface area contributed by atoms with Crippen LogP contribution in [0.2, 0.25) is 0 Å². The van der Waals surface area contributed by atoms with E-state index in [9.17, 15) is 9.59 Å². The normalized spacial score (nSPS) is 20.5. The average Bonchev–Trinajstić information content (AvgIpc) is 2.59. The van der Waals surface area contributed by atoms with Gasteiger partial charge in [-0.15, -0.1) is 12.4 Å². The zero-order valence-corrected chi connectivity index (χ0v) is 16.3. The Morgan fingerprint density at radius 1 is 1.36 bits per heavy atom. The summed E-state index contributed by atoms with van der Waals surface area (Å²) in [6.45, 7) is 8.89. The van der Waals surface area contributed by atoms with Crippen LogP contribution < -0.4 is 16.0 Å². The Morgan fingerprint density at radius 2 is 2.16 bits per heavy atom. The molecule has 25 heavy (non-hydrogen) atoms. The summed E-state index contributed by atoms with van der Waals surface area (Å²) in [4.78, 5) is 26.2. The molecule has 1 fully saturated rings. The number of urea groups is 1. The van der Waals surface area contributed by atoms with E-state index in [0.29, 0.717) is 32.0 Å². The fourth-order valence-corrected chi connectivity index (χ4v) is 3.20. The van der Waals surface area contributed by atoms with Crippen LogP contribution in [-0.2, 0) is 4.79 Å². The SMILES string of the molecule is CC(C)CNC(=O)N1CCCC(CC(=O)NCC2=CCNCC2)C1.Cl. The number of halogens is 1. The van der Waals surface area contributed by atoms with Gasteiger partial charge in [0.1, 0.15) is 0 Å². The molecular formula is C18H33ClN4O2. The Labute approximate surface area is 157 Å². The van der Waals surface area contributed by atoms with E-state index in [1.165, 1.54) is 5.57 Å². The molecule has 1 saturated heterocycles. The Balaban J connectivity index is 0.00000312. The van der Waals surface area contributed by atoms with Crippen LogP contribution in [0, 0.1) is 11.8 Å². The molecule has 0 aromatic rings. The first-order chi connectivity index (χ1) is 11.5. The molecule has 3 N–H and O–H groups in total. The van der Waals surface area contributed by atoms with Gasteiger partial charge in [0.2, 0.25) is 5.91 Å². The van der Waals surface area contributed by atoms with Gasteiger partial charge in [0.15, 0.2) is 0 Å². The van der Waals surface area contributed by atoms with Crippen molar-refractivity contribution in [1.82, 2.24) is 20.9 Å². The van der Waals surface area contributed by atoms with Gasteiger partial charge < -0.3 is 20.9 Å². The van der Waals surface area contributed by atoms with Crippen LogP contribution in [0.25, 0.3) is 0 Å². The topological polar surface area (TPSA) is 73.5 Å². The smallest absolute Gasteiger partial charge is 0.317 e. The molecule has 0 bridgehead atoms. The van der Waals surface area contributed by atoms with E-state index in [4.69, 9.17) is 0 Å². The molecule has 0 aromatic carbocycles. The Hall–Kier alpha value is -1.27. The van der Waals surface area contributed by atoms with E-state index in [1.807, 2.05) is 4.90 Å². The summed E-state index contributed by atoms with van der Waals surface area (Å²) < 4.78 is 0. The predicted octanol–water partition coefficient (Wildman–Crippen LogP) is 1.91. The largest absolute Gasteiger partial charge is 0.352 e. The molecule has 2 rings (SSSR count). The quantitative estimate of drug-likeness (QED) is 0.623. The van der Waals surface area contributed by atoms with Gasteiger partial charge in [0.25, 0.3) is 0 Å². The van der Waals surface area contributed by atoms with Crippen molar-refractivity contribution >= 4 is 24.3 Å². The molecule has 0 aromatic heterocycles. The molecule has 7 heteroatoms. The second-order valence-corrected chi connectivity index (χ2v) is 7.33. The van der Waals surface area contributed by atoms with Gasteiger partial charge in [-0.1, -0.05) is 25.5 Å². The molecule has 0 aliphatic carbocycles.